The zero-order valence-corrected chi connectivity index (χ0v) is 21.0. The van der Waals surface area contributed by atoms with Crippen molar-refractivity contribution >= 4 is 23.2 Å². The molecule has 1 aliphatic rings. The molecule has 5 rings (SSSR count). The summed E-state index contributed by atoms with van der Waals surface area (Å²) >= 11 is 0. The van der Waals surface area contributed by atoms with Crippen molar-refractivity contribution in [3.8, 4) is 22.6 Å². The van der Waals surface area contributed by atoms with E-state index in [2.05, 4.69) is 42.3 Å². The van der Waals surface area contributed by atoms with Gasteiger partial charge in [-0.3, -0.25) is 4.90 Å². The van der Waals surface area contributed by atoms with Gasteiger partial charge < -0.3 is 14.9 Å². The van der Waals surface area contributed by atoms with Crippen molar-refractivity contribution in [2.24, 2.45) is 0 Å². The van der Waals surface area contributed by atoms with E-state index in [9.17, 15) is 10.2 Å². The maximum Gasteiger partial charge on any atom is 0.116 e. The van der Waals surface area contributed by atoms with Crippen LogP contribution in [0.5, 0.6) is 11.5 Å². The molecule has 35 heavy (non-hydrogen) atoms. The van der Waals surface area contributed by atoms with Gasteiger partial charge in [0, 0.05) is 18.2 Å². The smallest absolute Gasteiger partial charge is 0.116 e. The summed E-state index contributed by atoms with van der Waals surface area (Å²) in [5.41, 5.74) is 5.58. The molecule has 0 aliphatic carbocycles. The fourth-order valence-corrected chi connectivity index (χ4v) is 5.25. The molecule has 2 unspecified atom stereocenters. The van der Waals surface area contributed by atoms with Crippen LogP contribution in [0, 0.1) is 0 Å². The number of fused-ring (bicyclic) bond motifs is 1. The first-order chi connectivity index (χ1) is 16.5. The first kappa shape index (κ1) is 25.1. The van der Waals surface area contributed by atoms with Gasteiger partial charge in [0.1, 0.15) is 17.6 Å². The number of nitrogens with zero attached hydrogens (tertiary/aromatic N) is 1. The van der Waals surface area contributed by atoms with Crippen LogP contribution >= 0.6 is 12.4 Å². The lowest BCUT2D eigenvalue weighted by Crippen LogP contribution is -2.17. The quantitative estimate of drug-likeness (QED) is 0.300. The molecule has 2 N–H and O–H groups in total. The van der Waals surface area contributed by atoms with E-state index < -0.39 is 0 Å². The maximum atomic E-state index is 10.1. The SMILES string of the molecule is CCOC(c1ccc(C2CCCN2C)cc1)c1c(-c2ccc(O)cc2)ccc2cc(O)ccc12.Cl. The van der Waals surface area contributed by atoms with Crippen molar-refractivity contribution in [2.75, 3.05) is 20.2 Å². The third-order valence-corrected chi connectivity index (χ3v) is 6.96. The predicted octanol–water partition coefficient (Wildman–Crippen LogP) is 7.23. The lowest BCUT2D eigenvalue weighted by Gasteiger charge is -2.25. The average molecular weight is 490 g/mol. The lowest BCUT2D eigenvalue weighted by atomic mass is 9.87. The average Bonchev–Trinajstić information content (AvgIpc) is 3.28. The Hall–Kier alpha value is -3.05. The molecular formula is C30H32ClNO3. The van der Waals surface area contributed by atoms with Gasteiger partial charge in [-0.15, -0.1) is 12.4 Å². The van der Waals surface area contributed by atoms with Crippen LogP contribution in [0.1, 0.15) is 48.6 Å². The highest BCUT2D eigenvalue weighted by molar-refractivity contribution is 5.93. The minimum absolute atomic E-state index is 0. The minimum atomic E-state index is -0.266. The molecule has 1 fully saturated rings. The first-order valence-corrected chi connectivity index (χ1v) is 12.0. The fraction of sp³-hybridized carbons (Fsp3) is 0.267. The molecule has 0 radical (unpaired) electrons. The third-order valence-electron chi connectivity index (χ3n) is 6.96. The molecular weight excluding hydrogens is 458 g/mol. The normalized spacial score (nSPS) is 16.8. The van der Waals surface area contributed by atoms with Crippen molar-refractivity contribution in [1.29, 1.82) is 0 Å². The third kappa shape index (κ3) is 5.01. The number of aromatic hydroxyl groups is 2. The molecule has 182 valence electrons. The van der Waals surface area contributed by atoms with Crippen LogP contribution in [0.25, 0.3) is 21.9 Å². The Balaban J connectivity index is 0.00000289. The largest absolute Gasteiger partial charge is 0.508 e. The molecule has 4 aromatic rings. The van der Waals surface area contributed by atoms with Crippen LogP contribution in [0.4, 0.5) is 0 Å². The van der Waals surface area contributed by atoms with E-state index >= 15 is 0 Å². The molecule has 4 nitrogen and oxygen atoms in total. The van der Waals surface area contributed by atoms with Crippen molar-refractivity contribution in [2.45, 2.75) is 31.9 Å². The van der Waals surface area contributed by atoms with E-state index in [1.54, 1.807) is 24.3 Å². The van der Waals surface area contributed by atoms with E-state index in [4.69, 9.17) is 4.74 Å². The van der Waals surface area contributed by atoms with Gasteiger partial charge in [-0.05, 0) is 90.6 Å². The Labute approximate surface area is 213 Å². The summed E-state index contributed by atoms with van der Waals surface area (Å²) in [6.07, 6.45) is 2.17. The van der Waals surface area contributed by atoms with Crippen LogP contribution in [0.3, 0.4) is 0 Å². The van der Waals surface area contributed by atoms with Crippen LogP contribution in [0.15, 0.2) is 78.9 Å². The number of halogens is 1. The number of phenols is 2. The second kappa shape index (κ2) is 10.7. The van der Waals surface area contributed by atoms with Crippen molar-refractivity contribution in [3.05, 3.63) is 95.6 Å². The standard InChI is InChI=1S/C30H31NO3.ClH/c1-3-34-30(22-8-6-21(7-9-22)28-5-4-18-31(28)2)29-26(20-10-13-24(32)14-11-20)16-12-23-19-25(33)15-17-27(23)29;/h6-17,19,28,30,32-33H,3-5,18H2,1-2H3;1H. The van der Waals surface area contributed by atoms with E-state index in [1.807, 2.05) is 31.2 Å². The highest BCUT2D eigenvalue weighted by atomic mass is 35.5. The summed E-state index contributed by atoms with van der Waals surface area (Å²) < 4.78 is 6.40. The molecule has 0 amide bonds. The molecule has 0 spiro atoms. The fourth-order valence-electron chi connectivity index (χ4n) is 5.25. The number of likely N-dealkylation sites (tertiary alicyclic amines) is 1. The Morgan fingerprint density at radius 2 is 1.63 bits per heavy atom. The Morgan fingerprint density at radius 3 is 2.29 bits per heavy atom. The number of phenolic OH excluding ortho intramolecular Hbond substituents is 2. The Kier molecular flexibility index (Phi) is 7.66. The van der Waals surface area contributed by atoms with Gasteiger partial charge >= 0.3 is 0 Å². The van der Waals surface area contributed by atoms with Gasteiger partial charge in [-0.25, -0.2) is 0 Å². The summed E-state index contributed by atoms with van der Waals surface area (Å²) in [4.78, 5) is 2.43. The maximum absolute atomic E-state index is 10.1. The zero-order chi connectivity index (χ0) is 23.7. The first-order valence-electron chi connectivity index (χ1n) is 12.0. The number of hydrogen-bond donors (Lipinski definition) is 2. The van der Waals surface area contributed by atoms with Crippen molar-refractivity contribution < 1.29 is 14.9 Å². The van der Waals surface area contributed by atoms with Gasteiger partial charge in [0.05, 0.1) is 0 Å². The van der Waals surface area contributed by atoms with E-state index in [-0.39, 0.29) is 30.0 Å². The monoisotopic (exact) mass is 489 g/mol. The lowest BCUT2D eigenvalue weighted by molar-refractivity contribution is 0.0926. The van der Waals surface area contributed by atoms with Gasteiger partial charge in [0.25, 0.3) is 0 Å². The van der Waals surface area contributed by atoms with Crippen LogP contribution < -0.4 is 0 Å². The van der Waals surface area contributed by atoms with Crippen LogP contribution in [0.2, 0.25) is 0 Å². The molecule has 0 bridgehead atoms. The number of ether oxygens (including phenoxy) is 1. The molecule has 0 aromatic heterocycles. The van der Waals surface area contributed by atoms with Crippen molar-refractivity contribution in [3.63, 3.8) is 0 Å². The number of hydrogen-bond acceptors (Lipinski definition) is 4. The summed E-state index contributed by atoms with van der Waals surface area (Å²) in [5, 5.41) is 21.9. The van der Waals surface area contributed by atoms with Gasteiger partial charge in [0.2, 0.25) is 0 Å². The Morgan fingerprint density at radius 1 is 0.914 bits per heavy atom. The highest BCUT2D eigenvalue weighted by Crippen LogP contribution is 2.41. The summed E-state index contributed by atoms with van der Waals surface area (Å²) in [6, 6.07) is 26.2. The number of benzene rings is 4. The minimum Gasteiger partial charge on any atom is -0.508 e. The molecule has 0 saturated carbocycles. The second-order valence-electron chi connectivity index (χ2n) is 9.12. The number of rotatable bonds is 6. The van der Waals surface area contributed by atoms with Crippen molar-refractivity contribution in [1.82, 2.24) is 4.90 Å². The second-order valence-corrected chi connectivity index (χ2v) is 9.12. The molecule has 2 atom stereocenters. The summed E-state index contributed by atoms with van der Waals surface area (Å²) in [5.74, 6) is 0.485. The molecule has 1 saturated heterocycles. The predicted molar refractivity (Wildman–Crippen MR) is 144 cm³/mol. The molecule has 1 aliphatic heterocycles. The highest BCUT2D eigenvalue weighted by Gasteiger charge is 2.25. The van der Waals surface area contributed by atoms with E-state index in [0.717, 1.165) is 39.6 Å². The molecule has 1 heterocycles. The van der Waals surface area contributed by atoms with Gasteiger partial charge in [-0.2, -0.15) is 0 Å². The molecule has 5 heteroatoms. The molecule has 4 aromatic carbocycles. The topological polar surface area (TPSA) is 52.9 Å². The van der Waals surface area contributed by atoms with E-state index in [0.29, 0.717) is 12.6 Å². The summed E-state index contributed by atoms with van der Waals surface area (Å²) in [6.45, 7) is 3.74. The van der Waals surface area contributed by atoms with Gasteiger partial charge in [-0.1, -0.05) is 54.6 Å². The van der Waals surface area contributed by atoms with Crippen LogP contribution in [-0.2, 0) is 4.74 Å². The summed E-state index contributed by atoms with van der Waals surface area (Å²) in [7, 11) is 2.20. The zero-order valence-electron chi connectivity index (χ0n) is 20.1. The van der Waals surface area contributed by atoms with Gasteiger partial charge in [0.15, 0.2) is 0 Å². The van der Waals surface area contributed by atoms with E-state index in [1.165, 1.54) is 18.4 Å². The Bertz CT molecular complexity index is 1290. The van der Waals surface area contributed by atoms with Crippen LogP contribution in [-0.4, -0.2) is 35.3 Å².